The fourth-order valence-electron chi connectivity index (χ4n) is 3.85. The average molecular weight is 467 g/mol. The maximum absolute atomic E-state index is 13.0. The van der Waals surface area contributed by atoms with Crippen LogP contribution in [0.1, 0.15) is 29.4 Å². The van der Waals surface area contributed by atoms with Crippen LogP contribution in [0.2, 0.25) is 5.02 Å². The SMILES string of the molecule is O=C1C(=O)N(CCCc2ncc[nH]2)C(c2ccc([N+](=O)[O-])cc2)/C1=C(\O)c1ccc(Cl)cc1. The first-order valence-corrected chi connectivity index (χ1v) is 10.5. The number of nitro groups is 1. The van der Waals surface area contributed by atoms with Crippen molar-refractivity contribution in [3.8, 4) is 0 Å². The Morgan fingerprint density at radius 3 is 2.45 bits per heavy atom. The van der Waals surface area contributed by atoms with E-state index in [9.17, 15) is 24.8 Å². The highest BCUT2D eigenvalue weighted by molar-refractivity contribution is 6.46. The first kappa shape index (κ1) is 22.2. The third-order valence-corrected chi connectivity index (χ3v) is 5.70. The summed E-state index contributed by atoms with van der Waals surface area (Å²) in [5.74, 6) is -1.14. The molecule has 168 valence electrons. The van der Waals surface area contributed by atoms with Crippen LogP contribution in [0.4, 0.5) is 5.69 Å². The molecule has 1 aliphatic rings. The number of amides is 1. The van der Waals surface area contributed by atoms with Crippen molar-refractivity contribution in [2.45, 2.75) is 18.9 Å². The number of imidazole rings is 1. The van der Waals surface area contributed by atoms with Crippen molar-refractivity contribution in [1.29, 1.82) is 0 Å². The lowest BCUT2D eigenvalue weighted by Gasteiger charge is -2.25. The smallest absolute Gasteiger partial charge is 0.295 e. The highest BCUT2D eigenvalue weighted by Gasteiger charge is 2.45. The first-order valence-electron chi connectivity index (χ1n) is 10.1. The highest BCUT2D eigenvalue weighted by atomic mass is 35.5. The Labute approximate surface area is 193 Å². The predicted octanol–water partition coefficient (Wildman–Crippen LogP) is 4.03. The van der Waals surface area contributed by atoms with E-state index < -0.39 is 22.7 Å². The molecule has 9 nitrogen and oxygen atoms in total. The summed E-state index contributed by atoms with van der Waals surface area (Å²) in [7, 11) is 0. The molecule has 2 heterocycles. The number of aromatic nitrogens is 2. The number of Topliss-reactive ketones (excluding diaryl/α,β-unsaturated/α-hetero) is 1. The number of carbonyl (C=O) groups is 2. The Balaban J connectivity index is 1.74. The number of aryl methyl sites for hydroxylation is 1. The van der Waals surface area contributed by atoms with Crippen LogP contribution < -0.4 is 0 Å². The number of aromatic amines is 1. The van der Waals surface area contributed by atoms with Crippen molar-refractivity contribution in [3.63, 3.8) is 0 Å². The number of aliphatic hydroxyl groups excluding tert-OH is 1. The van der Waals surface area contributed by atoms with Crippen molar-refractivity contribution < 1.29 is 19.6 Å². The van der Waals surface area contributed by atoms with Gasteiger partial charge in [-0.3, -0.25) is 19.7 Å². The monoisotopic (exact) mass is 466 g/mol. The van der Waals surface area contributed by atoms with E-state index in [4.69, 9.17) is 11.6 Å². The molecule has 33 heavy (non-hydrogen) atoms. The topological polar surface area (TPSA) is 129 Å². The van der Waals surface area contributed by atoms with Crippen LogP contribution in [0.5, 0.6) is 0 Å². The molecule has 0 saturated carbocycles. The number of nitro benzene ring substituents is 1. The zero-order valence-corrected chi connectivity index (χ0v) is 18.0. The molecule has 10 heteroatoms. The molecule has 1 unspecified atom stereocenters. The van der Waals surface area contributed by atoms with Crippen molar-refractivity contribution in [3.05, 3.63) is 98.6 Å². The predicted molar refractivity (Wildman–Crippen MR) is 120 cm³/mol. The van der Waals surface area contributed by atoms with Gasteiger partial charge in [-0.1, -0.05) is 11.6 Å². The minimum atomic E-state index is -0.891. The van der Waals surface area contributed by atoms with Gasteiger partial charge in [0.25, 0.3) is 17.4 Å². The van der Waals surface area contributed by atoms with E-state index in [1.165, 1.54) is 29.2 Å². The van der Waals surface area contributed by atoms with Crippen molar-refractivity contribution in [2.24, 2.45) is 0 Å². The van der Waals surface area contributed by atoms with E-state index in [-0.39, 0.29) is 23.6 Å². The maximum atomic E-state index is 13.0. The quantitative estimate of drug-likeness (QED) is 0.178. The Hall–Kier alpha value is -3.98. The number of rotatable bonds is 7. The molecule has 1 amide bonds. The largest absolute Gasteiger partial charge is 0.507 e. The Kier molecular flexibility index (Phi) is 6.23. The van der Waals surface area contributed by atoms with Crippen LogP contribution in [0.3, 0.4) is 0 Å². The molecule has 0 bridgehead atoms. The van der Waals surface area contributed by atoms with E-state index in [2.05, 4.69) is 9.97 Å². The second kappa shape index (κ2) is 9.25. The van der Waals surface area contributed by atoms with Crippen LogP contribution in [0.15, 0.2) is 66.5 Å². The van der Waals surface area contributed by atoms with Crippen molar-refractivity contribution in [2.75, 3.05) is 6.54 Å². The number of halogens is 1. The Morgan fingerprint density at radius 1 is 1.15 bits per heavy atom. The molecule has 0 spiro atoms. The Bertz CT molecular complexity index is 1220. The number of non-ortho nitro benzene ring substituents is 1. The molecule has 0 radical (unpaired) electrons. The Morgan fingerprint density at radius 2 is 1.85 bits per heavy atom. The first-order chi connectivity index (χ1) is 15.9. The normalized spacial score (nSPS) is 17.5. The van der Waals surface area contributed by atoms with E-state index in [1.54, 1.807) is 36.7 Å². The van der Waals surface area contributed by atoms with Gasteiger partial charge < -0.3 is 15.0 Å². The van der Waals surface area contributed by atoms with Gasteiger partial charge in [-0.15, -0.1) is 0 Å². The van der Waals surface area contributed by atoms with Gasteiger partial charge in [-0.2, -0.15) is 0 Å². The molecule has 1 saturated heterocycles. The van der Waals surface area contributed by atoms with E-state index in [1.807, 2.05) is 0 Å². The molecule has 4 rings (SSSR count). The molecule has 1 aliphatic heterocycles. The summed E-state index contributed by atoms with van der Waals surface area (Å²) in [4.78, 5) is 45.0. The van der Waals surface area contributed by atoms with Crippen LogP contribution in [0.25, 0.3) is 5.76 Å². The van der Waals surface area contributed by atoms with Crippen LogP contribution in [0, 0.1) is 10.1 Å². The lowest BCUT2D eigenvalue weighted by Crippen LogP contribution is -2.31. The molecule has 2 N–H and O–H groups in total. The lowest BCUT2D eigenvalue weighted by molar-refractivity contribution is -0.384. The second-order valence-electron chi connectivity index (χ2n) is 7.49. The second-order valence-corrected chi connectivity index (χ2v) is 7.92. The van der Waals surface area contributed by atoms with Crippen LogP contribution in [-0.2, 0) is 16.0 Å². The number of carbonyl (C=O) groups excluding carboxylic acids is 2. The standard InChI is InChI=1S/C23H19ClN4O5/c24-16-7-3-15(4-8-16)21(29)19-20(14-5-9-17(10-6-14)28(32)33)27(23(31)22(19)30)13-1-2-18-25-11-12-26-18/h3-12,20,29H,1-2,13H2,(H,25,26)/b21-19+. The number of hydrogen-bond acceptors (Lipinski definition) is 6. The zero-order chi connectivity index (χ0) is 23.5. The van der Waals surface area contributed by atoms with Crippen LogP contribution >= 0.6 is 11.6 Å². The van der Waals surface area contributed by atoms with E-state index in [0.29, 0.717) is 29.0 Å². The number of H-pyrrole nitrogens is 1. The number of nitrogens with one attached hydrogen (secondary N) is 1. The summed E-state index contributed by atoms with van der Waals surface area (Å²) in [5.41, 5.74) is 0.619. The molecule has 1 fully saturated rings. The molecular formula is C23H19ClN4O5. The number of nitrogens with zero attached hydrogens (tertiary/aromatic N) is 3. The molecule has 1 atom stereocenters. The van der Waals surface area contributed by atoms with Crippen molar-refractivity contribution in [1.82, 2.24) is 14.9 Å². The fourth-order valence-corrected chi connectivity index (χ4v) is 3.98. The third kappa shape index (κ3) is 4.49. The van der Waals surface area contributed by atoms with Gasteiger partial charge in [-0.05, 0) is 48.4 Å². The number of benzene rings is 2. The van der Waals surface area contributed by atoms with Crippen molar-refractivity contribution >= 4 is 34.7 Å². The van der Waals surface area contributed by atoms with Gasteiger partial charge in [0.15, 0.2) is 0 Å². The van der Waals surface area contributed by atoms with Gasteiger partial charge in [0.2, 0.25) is 0 Å². The molecule has 2 aromatic carbocycles. The van der Waals surface area contributed by atoms with E-state index in [0.717, 1.165) is 5.82 Å². The van der Waals surface area contributed by atoms with E-state index >= 15 is 0 Å². The number of ketones is 1. The fraction of sp³-hybridized carbons (Fsp3) is 0.174. The third-order valence-electron chi connectivity index (χ3n) is 5.44. The minimum absolute atomic E-state index is 0.0748. The summed E-state index contributed by atoms with van der Waals surface area (Å²) >= 11 is 5.93. The van der Waals surface area contributed by atoms with Gasteiger partial charge >= 0.3 is 0 Å². The summed E-state index contributed by atoms with van der Waals surface area (Å²) in [6.07, 6.45) is 4.40. The summed E-state index contributed by atoms with van der Waals surface area (Å²) in [5, 5.41) is 22.5. The molecule has 1 aromatic heterocycles. The molecule has 0 aliphatic carbocycles. The summed E-state index contributed by atoms with van der Waals surface area (Å²) in [6, 6.07) is 10.9. The number of hydrogen-bond donors (Lipinski definition) is 2. The zero-order valence-electron chi connectivity index (χ0n) is 17.3. The van der Waals surface area contributed by atoms with Gasteiger partial charge in [-0.25, -0.2) is 4.98 Å². The van der Waals surface area contributed by atoms with Gasteiger partial charge in [0.1, 0.15) is 11.6 Å². The number of likely N-dealkylation sites (tertiary alicyclic amines) is 1. The summed E-state index contributed by atoms with van der Waals surface area (Å²) in [6.45, 7) is 0.227. The van der Waals surface area contributed by atoms with Gasteiger partial charge in [0, 0.05) is 48.1 Å². The summed E-state index contributed by atoms with van der Waals surface area (Å²) < 4.78 is 0. The average Bonchev–Trinajstić information content (AvgIpc) is 3.41. The van der Waals surface area contributed by atoms with Crippen LogP contribution in [-0.4, -0.2) is 43.1 Å². The number of aliphatic hydroxyl groups is 1. The maximum Gasteiger partial charge on any atom is 0.295 e. The lowest BCUT2D eigenvalue weighted by atomic mass is 9.95. The van der Waals surface area contributed by atoms with Gasteiger partial charge in [0.05, 0.1) is 16.5 Å². The molecule has 3 aromatic rings. The molecular weight excluding hydrogens is 448 g/mol. The highest BCUT2D eigenvalue weighted by Crippen LogP contribution is 2.40. The minimum Gasteiger partial charge on any atom is -0.507 e.